The summed E-state index contributed by atoms with van der Waals surface area (Å²) in [7, 11) is -3.17. The minimum Gasteiger partial charge on any atom is -0.294 e. The van der Waals surface area contributed by atoms with Crippen LogP contribution >= 0.6 is 11.6 Å². The zero-order valence-electron chi connectivity index (χ0n) is 12.3. The van der Waals surface area contributed by atoms with Crippen molar-refractivity contribution in [3.05, 3.63) is 34.3 Å². The van der Waals surface area contributed by atoms with Gasteiger partial charge in [0.2, 0.25) is 10.0 Å². The Hall–Kier alpha value is -0.910. The van der Waals surface area contributed by atoms with E-state index in [0.29, 0.717) is 30.1 Å². The summed E-state index contributed by atoms with van der Waals surface area (Å²) in [4.78, 5) is 12.4. The fraction of sp³-hybridized carbons (Fsp3) is 0.533. The molecular formula is C15H20ClNO3S. The number of rotatable bonds is 4. The summed E-state index contributed by atoms with van der Waals surface area (Å²) >= 11 is 5.95. The summed E-state index contributed by atoms with van der Waals surface area (Å²) in [5.41, 5.74) is 1.54. The lowest BCUT2D eigenvalue weighted by atomic mass is 9.91. The highest BCUT2D eigenvalue weighted by atomic mass is 35.5. The summed E-state index contributed by atoms with van der Waals surface area (Å²) in [5.74, 6) is 0.120. The van der Waals surface area contributed by atoms with Gasteiger partial charge in [0.25, 0.3) is 0 Å². The van der Waals surface area contributed by atoms with Gasteiger partial charge in [-0.3, -0.25) is 4.79 Å². The van der Waals surface area contributed by atoms with Crippen molar-refractivity contribution >= 4 is 27.4 Å². The molecule has 0 amide bonds. The third kappa shape index (κ3) is 4.28. The number of carbonyl (C=O) groups excluding carboxylic acids is 1. The van der Waals surface area contributed by atoms with Crippen molar-refractivity contribution in [1.29, 1.82) is 0 Å². The summed E-state index contributed by atoms with van der Waals surface area (Å²) in [6, 6.07) is 5.29. The Kier molecular flexibility index (Phi) is 5.07. The predicted molar refractivity (Wildman–Crippen MR) is 84.3 cm³/mol. The molecule has 1 saturated heterocycles. The maximum Gasteiger partial charge on any atom is 0.211 e. The van der Waals surface area contributed by atoms with Crippen LogP contribution in [0.5, 0.6) is 0 Å². The molecule has 4 nitrogen and oxygen atoms in total. The number of Topliss-reactive ketones (excluding diaryl/α,β-unsaturated/α-hetero) is 1. The number of nitrogens with zero attached hydrogens (tertiary/aromatic N) is 1. The fourth-order valence-corrected chi connectivity index (χ4v) is 3.88. The number of aryl methyl sites for hydroxylation is 1. The van der Waals surface area contributed by atoms with Gasteiger partial charge >= 0.3 is 0 Å². The monoisotopic (exact) mass is 329 g/mol. The number of carbonyl (C=O) groups is 1. The highest BCUT2D eigenvalue weighted by molar-refractivity contribution is 7.88. The minimum absolute atomic E-state index is 0.0374. The lowest BCUT2D eigenvalue weighted by Crippen LogP contribution is -2.39. The molecule has 116 valence electrons. The first kappa shape index (κ1) is 16.5. The Bertz CT molecular complexity index is 642. The predicted octanol–water partition coefficient (Wildman–Crippen LogP) is 2.89. The van der Waals surface area contributed by atoms with Crippen molar-refractivity contribution in [3.8, 4) is 0 Å². The van der Waals surface area contributed by atoms with Crippen molar-refractivity contribution < 1.29 is 13.2 Å². The first-order valence-electron chi connectivity index (χ1n) is 7.02. The van der Waals surface area contributed by atoms with Gasteiger partial charge in [0, 0.05) is 30.1 Å². The number of hydrogen-bond acceptors (Lipinski definition) is 3. The summed E-state index contributed by atoms with van der Waals surface area (Å²) < 4.78 is 24.7. The molecule has 1 aliphatic heterocycles. The third-order valence-electron chi connectivity index (χ3n) is 3.92. The van der Waals surface area contributed by atoms with Crippen LogP contribution in [0.25, 0.3) is 0 Å². The molecule has 0 bridgehead atoms. The summed E-state index contributed by atoms with van der Waals surface area (Å²) in [6.45, 7) is 2.87. The molecule has 1 heterocycles. The van der Waals surface area contributed by atoms with Gasteiger partial charge < -0.3 is 0 Å². The average Bonchev–Trinajstić information content (AvgIpc) is 2.41. The van der Waals surface area contributed by atoms with E-state index in [4.69, 9.17) is 11.6 Å². The van der Waals surface area contributed by atoms with Gasteiger partial charge in [-0.2, -0.15) is 0 Å². The Morgan fingerprint density at radius 1 is 1.43 bits per heavy atom. The molecule has 0 spiro atoms. The normalized spacial score (nSPS) is 20.4. The molecule has 0 aromatic heterocycles. The smallest absolute Gasteiger partial charge is 0.211 e. The molecule has 1 fully saturated rings. The zero-order chi connectivity index (χ0) is 15.6. The van der Waals surface area contributed by atoms with Crippen LogP contribution in [0.3, 0.4) is 0 Å². The molecule has 0 aliphatic carbocycles. The molecule has 6 heteroatoms. The van der Waals surface area contributed by atoms with E-state index in [0.717, 1.165) is 18.4 Å². The molecule has 2 rings (SSSR count). The molecular weight excluding hydrogens is 310 g/mol. The average molecular weight is 330 g/mol. The van der Waals surface area contributed by atoms with E-state index in [2.05, 4.69) is 0 Å². The lowest BCUT2D eigenvalue weighted by Gasteiger charge is -2.30. The molecule has 1 aliphatic rings. The van der Waals surface area contributed by atoms with E-state index in [1.165, 1.54) is 10.6 Å². The highest BCUT2D eigenvalue weighted by Crippen LogP contribution is 2.25. The molecule has 0 saturated carbocycles. The van der Waals surface area contributed by atoms with Crippen LogP contribution in [0, 0.1) is 12.8 Å². The molecule has 21 heavy (non-hydrogen) atoms. The van der Waals surface area contributed by atoms with Crippen LogP contribution in [-0.4, -0.2) is 37.9 Å². The summed E-state index contributed by atoms with van der Waals surface area (Å²) in [5, 5.41) is 0.547. The molecule has 1 atom stereocenters. The first-order chi connectivity index (χ1) is 9.77. The first-order valence-corrected chi connectivity index (χ1v) is 9.24. The quantitative estimate of drug-likeness (QED) is 0.798. The molecule has 1 aromatic rings. The van der Waals surface area contributed by atoms with Crippen LogP contribution in [0.2, 0.25) is 5.02 Å². The Morgan fingerprint density at radius 2 is 2.14 bits per heavy atom. The largest absolute Gasteiger partial charge is 0.294 e. The van der Waals surface area contributed by atoms with Gasteiger partial charge in [0.15, 0.2) is 5.78 Å². The van der Waals surface area contributed by atoms with E-state index in [1.54, 1.807) is 12.1 Å². The van der Waals surface area contributed by atoms with Gasteiger partial charge in [-0.15, -0.1) is 0 Å². The van der Waals surface area contributed by atoms with E-state index in [-0.39, 0.29) is 11.7 Å². The van der Waals surface area contributed by atoms with Crippen molar-refractivity contribution in [2.75, 3.05) is 19.3 Å². The maximum atomic E-state index is 12.4. The second kappa shape index (κ2) is 6.46. The number of ketones is 1. The minimum atomic E-state index is -3.17. The van der Waals surface area contributed by atoms with E-state index in [1.807, 2.05) is 13.0 Å². The van der Waals surface area contributed by atoms with Crippen molar-refractivity contribution in [2.24, 2.45) is 5.92 Å². The van der Waals surface area contributed by atoms with Crippen molar-refractivity contribution in [1.82, 2.24) is 4.31 Å². The number of sulfonamides is 1. The fourth-order valence-electron chi connectivity index (χ4n) is 2.76. The molecule has 1 unspecified atom stereocenters. The number of hydrogen-bond donors (Lipinski definition) is 0. The van der Waals surface area contributed by atoms with Crippen molar-refractivity contribution in [3.63, 3.8) is 0 Å². The molecule has 1 aromatic carbocycles. The summed E-state index contributed by atoms with van der Waals surface area (Å²) in [6.07, 6.45) is 3.28. The standard InChI is InChI=1S/C15H20ClNO3S/c1-11-5-6-13(16)9-14(11)15(18)8-12-4-3-7-17(10-12)21(2,19)20/h5-6,9,12H,3-4,7-8,10H2,1-2H3. The topological polar surface area (TPSA) is 54.5 Å². The van der Waals surface area contributed by atoms with Gasteiger partial charge in [0.1, 0.15) is 0 Å². The van der Waals surface area contributed by atoms with Gasteiger partial charge in [-0.25, -0.2) is 12.7 Å². The van der Waals surface area contributed by atoms with Crippen LogP contribution in [0.1, 0.15) is 35.2 Å². The van der Waals surface area contributed by atoms with Gasteiger partial charge in [-0.1, -0.05) is 17.7 Å². The molecule has 0 N–H and O–H groups in total. The second-order valence-electron chi connectivity index (χ2n) is 5.72. The highest BCUT2D eigenvalue weighted by Gasteiger charge is 2.27. The number of piperidine rings is 1. The number of benzene rings is 1. The Balaban J connectivity index is 2.07. The Labute approximate surface area is 131 Å². The Morgan fingerprint density at radius 3 is 2.81 bits per heavy atom. The van der Waals surface area contributed by atoms with Crippen LogP contribution < -0.4 is 0 Å². The van der Waals surface area contributed by atoms with E-state index < -0.39 is 10.0 Å². The van der Waals surface area contributed by atoms with Gasteiger partial charge in [-0.05, 0) is 43.4 Å². The second-order valence-corrected chi connectivity index (χ2v) is 8.13. The lowest BCUT2D eigenvalue weighted by molar-refractivity contribution is 0.0942. The third-order valence-corrected chi connectivity index (χ3v) is 5.43. The maximum absolute atomic E-state index is 12.4. The number of halogens is 1. The van der Waals surface area contributed by atoms with E-state index in [9.17, 15) is 13.2 Å². The SMILES string of the molecule is Cc1ccc(Cl)cc1C(=O)CC1CCCN(S(C)(=O)=O)C1. The van der Waals surface area contributed by atoms with Crippen molar-refractivity contribution in [2.45, 2.75) is 26.2 Å². The zero-order valence-corrected chi connectivity index (χ0v) is 13.9. The van der Waals surface area contributed by atoms with Crippen LogP contribution in [0.15, 0.2) is 18.2 Å². The van der Waals surface area contributed by atoms with Crippen LogP contribution in [-0.2, 0) is 10.0 Å². The van der Waals surface area contributed by atoms with Crippen LogP contribution in [0.4, 0.5) is 0 Å². The van der Waals surface area contributed by atoms with E-state index >= 15 is 0 Å². The molecule has 0 radical (unpaired) electrons. The van der Waals surface area contributed by atoms with Gasteiger partial charge in [0.05, 0.1) is 6.26 Å².